The number of aliphatic hydroxyl groups excluding tert-OH is 1. The molecule has 1 amide bonds. The molecule has 0 fully saturated rings. The number of pyridine rings is 2. The summed E-state index contributed by atoms with van der Waals surface area (Å²) in [6.45, 7) is -0.161. The third-order valence-corrected chi connectivity index (χ3v) is 4.63. The van der Waals surface area contributed by atoms with E-state index >= 15 is 0 Å². The first-order chi connectivity index (χ1) is 14.9. The van der Waals surface area contributed by atoms with Gasteiger partial charge in [-0.05, 0) is 24.3 Å². The molecule has 11 heteroatoms. The molecular weight excluding hydrogens is 410 g/mol. The molecule has 0 radical (unpaired) electrons. The van der Waals surface area contributed by atoms with Crippen molar-refractivity contribution in [1.29, 1.82) is 0 Å². The zero-order valence-corrected chi connectivity index (χ0v) is 15.9. The summed E-state index contributed by atoms with van der Waals surface area (Å²) >= 11 is 0. The van der Waals surface area contributed by atoms with Crippen LogP contribution in [0.2, 0.25) is 0 Å². The number of hydrogen-bond donors (Lipinski definition) is 4. The predicted octanol–water partition coefficient (Wildman–Crippen LogP) is 1.36. The lowest BCUT2D eigenvalue weighted by molar-refractivity contribution is 0.0944. The van der Waals surface area contributed by atoms with Crippen LogP contribution in [-0.2, 0) is 0 Å². The first kappa shape index (κ1) is 20.2. The molecule has 3 heterocycles. The first-order valence-corrected chi connectivity index (χ1v) is 9.11. The van der Waals surface area contributed by atoms with Gasteiger partial charge >= 0.3 is 0 Å². The van der Waals surface area contributed by atoms with Crippen LogP contribution in [0, 0.1) is 11.6 Å². The van der Waals surface area contributed by atoms with Crippen molar-refractivity contribution in [3.63, 3.8) is 0 Å². The minimum Gasteiger partial charge on any atom is -0.395 e. The number of aromatic nitrogens is 4. The third kappa shape index (κ3) is 3.51. The van der Waals surface area contributed by atoms with Crippen LogP contribution in [0.1, 0.15) is 10.4 Å². The SMILES string of the molecule is Nc1n[nH]c2c(-c3cc(C(=O)NCCO)ccn3)cn(-c3c(F)cccc3F)c(=O)c12. The Bertz CT molecular complexity index is 1340. The van der Waals surface area contributed by atoms with Gasteiger partial charge in [-0.1, -0.05) is 6.07 Å². The molecule has 4 rings (SSSR count). The Hall–Kier alpha value is -4.12. The van der Waals surface area contributed by atoms with E-state index in [4.69, 9.17) is 10.8 Å². The van der Waals surface area contributed by atoms with Crippen LogP contribution in [0.3, 0.4) is 0 Å². The van der Waals surface area contributed by atoms with E-state index < -0.39 is 28.8 Å². The second-order valence-electron chi connectivity index (χ2n) is 6.56. The average Bonchev–Trinajstić information content (AvgIpc) is 3.15. The van der Waals surface area contributed by atoms with Crippen LogP contribution < -0.4 is 16.6 Å². The molecular formula is C20H16F2N6O3. The lowest BCUT2D eigenvalue weighted by atomic mass is 10.1. The number of nitrogen functional groups attached to an aromatic ring is 1. The van der Waals surface area contributed by atoms with Gasteiger partial charge in [-0.3, -0.25) is 24.2 Å². The number of aromatic amines is 1. The minimum atomic E-state index is -0.945. The van der Waals surface area contributed by atoms with Gasteiger partial charge in [-0.25, -0.2) is 8.78 Å². The number of halogens is 2. The largest absolute Gasteiger partial charge is 0.395 e. The maximum absolute atomic E-state index is 14.4. The van der Waals surface area contributed by atoms with E-state index in [2.05, 4.69) is 20.5 Å². The summed E-state index contributed by atoms with van der Waals surface area (Å²) < 4.78 is 29.6. The normalized spacial score (nSPS) is 11.1. The topological polar surface area (TPSA) is 139 Å². The summed E-state index contributed by atoms with van der Waals surface area (Å²) in [7, 11) is 0. The molecule has 0 aliphatic carbocycles. The number of rotatable bonds is 5. The fourth-order valence-corrected chi connectivity index (χ4v) is 3.21. The number of carbonyl (C=O) groups excluding carboxylic acids is 1. The Kier molecular flexibility index (Phi) is 5.17. The predicted molar refractivity (Wildman–Crippen MR) is 109 cm³/mol. The Morgan fingerprint density at radius 3 is 2.71 bits per heavy atom. The number of nitrogens with one attached hydrogen (secondary N) is 2. The van der Waals surface area contributed by atoms with Crippen molar-refractivity contribution < 1.29 is 18.7 Å². The number of H-pyrrole nitrogens is 1. The van der Waals surface area contributed by atoms with E-state index in [0.29, 0.717) is 0 Å². The highest BCUT2D eigenvalue weighted by atomic mass is 19.1. The number of fused-ring (bicyclic) bond motifs is 1. The Balaban J connectivity index is 1.97. The van der Waals surface area contributed by atoms with Gasteiger partial charge < -0.3 is 16.2 Å². The van der Waals surface area contributed by atoms with Crippen LogP contribution >= 0.6 is 0 Å². The molecule has 0 unspecified atom stereocenters. The molecule has 4 aromatic rings. The van der Waals surface area contributed by atoms with Gasteiger partial charge in [0.2, 0.25) is 0 Å². The first-order valence-electron chi connectivity index (χ1n) is 9.11. The minimum absolute atomic E-state index is 0.0647. The van der Waals surface area contributed by atoms with Crippen LogP contribution in [0.15, 0.2) is 47.5 Å². The van der Waals surface area contributed by atoms with Gasteiger partial charge in [-0.15, -0.1) is 0 Å². The number of aliphatic hydroxyl groups is 1. The Morgan fingerprint density at radius 1 is 1.26 bits per heavy atom. The van der Waals surface area contributed by atoms with E-state index in [9.17, 15) is 18.4 Å². The fraction of sp³-hybridized carbons (Fsp3) is 0.100. The van der Waals surface area contributed by atoms with Crippen molar-refractivity contribution in [2.24, 2.45) is 0 Å². The number of anilines is 1. The van der Waals surface area contributed by atoms with E-state index in [1.165, 1.54) is 30.6 Å². The molecule has 0 aliphatic rings. The van der Waals surface area contributed by atoms with Crippen molar-refractivity contribution in [1.82, 2.24) is 25.1 Å². The second kappa shape index (κ2) is 7.95. The van der Waals surface area contributed by atoms with Gasteiger partial charge in [-0.2, -0.15) is 5.10 Å². The number of para-hydroxylation sites is 1. The van der Waals surface area contributed by atoms with Crippen LogP contribution in [0.5, 0.6) is 0 Å². The quantitative estimate of drug-likeness (QED) is 0.380. The maximum atomic E-state index is 14.4. The van der Waals surface area contributed by atoms with E-state index in [-0.39, 0.29) is 46.7 Å². The van der Waals surface area contributed by atoms with Gasteiger partial charge in [0.1, 0.15) is 22.7 Å². The molecule has 0 saturated heterocycles. The van der Waals surface area contributed by atoms with Gasteiger partial charge in [0.05, 0.1) is 17.8 Å². The van der Waals surface area contributed by atoms with Crippen molar-refractivity contribution in [3.8, 4) is 16.9 Å². The maximum Gasteiger partial charge on any atom is 0.268 e. The number of amides is 1. The average molecular weight is 426 g/mol. The highest BCUT2D eigenvalue weighted by Gasteiger charge is 2.21. The smallest absolute Gasteiger partial charge is 0.268 e. The Morgan fingerprint density at radius 2 is 2.00 bits per heavy atom. The Labute approximate surface area is 173 Å². The molecule has 9 nitrogen and oxygen atoms in total. The number of carbonyl (C=O) groups is 1. The van der Waals surface area contributed by atoms with Crippen molar-refractivity contribution in [2.45, 2.75) is 0 Å². The molecule has 158 valence electrons. The van der Waals surface area contributed by atoms with Crippen LogP contribution in [-0.4, -0.2) is 43.9 Å². The molecule has 0 aliphatic heterocycles. The molecule has 0 saturated carbocycles. The molecule has 1 aromatic carbocycles. The summed E-state index contributed by atoms with van der Waals surface area (Å²) in [4.78, 5) is 29.4. The summed E-state index contributed by atoms with van der Waals surface area (Å²) in [5, 5.41) is 17.8. The van der Waals surface area contributed by atoms with Crippen LogP contribution in [0.25, 0.3) is 27.8 Å². The molecule has 3 aromatic heterocycles. The lowest BCUT2D eigenvalue weighted by Crippen LogP contribution is -2.26. The standard InChI is InChI=1S/C20H16F2N6O3/c21-12-2-1-3-13(22)17(12)28-9-11(16-15(20(28)31)18(23)27-26-16)14-8-10(4-5-24-14)19(30)25-6-7-29/h1-5,8-9,29H,6-7H2,(H,25,30)(H3,23,26,27). The van der Waals surface area contributed by atoms with E-state index in [1.54, 1.807) is 0 Å². The zero-order chi connectivity index (χ0) is 22.1. The summed E-state index contributed by atoms with van der Waals surface area (Å²) in [5.41, 5.74) is 5.40. The van der Waals surface area contributed by atoms with Crippen LogP contribution in [0.4, 0.5) is 14.6 Å². The lowest BCUT2D eigenvalue weighted by Gasteiger charge is -2.12. The zero-order valence-electron chi connectivity index (χ0n) is 15.9. The molecule has 0 spiro atoms. The fourth-order valence-electron chi connectivity index (χ4n) is 3.21. The summed E-state index contributed by atoms with van der Waals surface area (Å²) in [5.74, 6) is -2.49. The van der Waals surface area contributed by atoms with E-state index in [1.807, 2.05) is 0 Å². The highest BCUT2D eigenvalue weighted by molar-refractivity contribution is 5.99. The number of nitrogens with zero attached hydrogens (tertiary/aromatic N) is 3. The number of hydrogen-bond acceptors (Lipinski definition) is 6. The number of nitrogens with two attached hydrogens (primary N) is 1. The van der Waals surface area contributed by atoms with E-state index in [0.717, 1.165) is 16.7 Å². The van der Waals surface area contributed by atoms with Gasteiger partial charge in [0.25, 0.3) is 11.5 Å². The monoisotopic (exact) mass is 426 g/mol. The molecule has 0 bridgehead atoms. The molecule has 31 heavy (non-hydrogen) atoms. The number of benzene rings is 1. The third-order valence-electron chi connectivity index (χ3n) is 4.63. The summed E-state index contributed by atoms with van der Waals surface area (Å²) in [6, 6.07) is 6.13. The van der Waals surface area contributed by atoms with Crippen molar-refractivity contribution in [3.05, 3.63) is 70.3 Å². The van der Waals surface area contributed by atoms with Crippen molar-refractivity contribution in [2.75, 3.05) is 18.9 Å². The van der Waals surface area contributed by atoms with Gasteiger partial charge in [0, 0.05) is 30.1 Å². The van der Waals surface area contributed by atoms with Gasteiger partial charge in [0.15, 0.2) is 5.82 Å². The second-order valence-corrected chi connectivity index (χ2v) is 6.56. The highest BCUT2D eigenvalue weighted by Crippen LogP contribution is 2.28. The molecule has 5 N–H and O–H groups in total. The summed E-state index contributed by atoms with van der Waals surface area (Å²) in [6.07, 6.45) is 2.58. The molecule has 0 atom stereocenters. The van der Waals surface area contributed by atoms with Crippen molar-refractivity contribution >= 4 is 22.6 Å².